The summed E-state index contributed by atoms with van der Waals surface area (Å²) < 4.78 is 5.67. The van der Waals surface area contributed by atoms with Crippen LogP contribution in [-0.4, -0.2) is 29.2 Å². The maximum absolute atomic E-state index is 10.9. The van der Waals surface area contributed by atoms with E-state index in [0.29, 0.717) is 12.5 Å². The Hall–Kier alpha value is -0.120. The summed E-state index contributed by atoms with van der Waals surface area (Å²) in [4.78, 5) is 0. The lowest BCUT2D eigenvalue weighted by Crippen LogP contribution is -2.50. The van der Waals surface area contributed by atoms with Crippen molar-refractivity contribution in [3.63, 3.8) is 0 Å². The first kappa shape index (κ1) is 19.9. The Morgan fingerprint density at radius 1 is 0.955 bits per heavy atom. The number of hydrogen-bond donors (Lipinski definition) is 2. The summed E-state index contributed by atoms with van der Waals surface area (Å²) in [5.74, 6) is 0.900. The predicted molar refractivity (Wildman–Crippen MR) is 91.4 cm³/mol. The van der Waals surface area contributed by atoms with Crippen LogP contribution in [-0.2, 0) is 4.74 Å². The molecule has 0 aromatic rings. The summed E-state index contributed by atoms with van der Waals surface area (Å²) in [6.45, 7) is 17.9. The van der Waals surface area contributed by atoms with Gasteiger partial charge in [-0.2, -0.15) is 0 Å². The lowest BCUT2D eigenvalue weighted by molar-refractivity contribution is -0.180. The van der Waals surface area contributed by atoms with Crippen LogP contribution in [0.4, 0.5) is 0 Å². The third-order valence-electron chi connectivity index (χ3n) is 5.17. The summed E-state index contributed by atoms with van der Waals surface area (Å²) >= 11 is 0. The lowest BCUT2D eigenvalue weighted by Gasteiger charge is -2.50. The van der Waals surface area contributed by atoms with E-state index >= 15 is 0 Å². The Morgan fingerprint density at radius 3 is 1.68 bits per heavy atom. The summed E-state index contributed by atoms with van der Waals surface area (Å²) in [5, 5.41) is 21.4. The van der Waals surface area contributed by atoms with Crippen LogP contribution in [0.5, 0.6) is 0 Å². The fraction of sp³-hybridized carbons (Fsp3) is 1.00. The van der Waals surface area contributed by atoms with Crippen LogP contribution < -0.4 is 0 Å². The van der Waals surface area contributed by atoms with Crippen LogP contribution in [0.3, 0.4) is 0 Å². The maximum Gasteiger partial charge on any atom is 0.157 e. The summed E-state index contributed by atoms with van der Waals surface area (Å²) in [7, 11) is 0. The van der Waals surface area contributed by atoms with Gasteiger partial charge in [-0.15, -0.1) is 0 Å². The standard InChI is InChI=1S/C19H38O3/c1-12(2)11-22-17(21)13-9-14(18(3,4)5)16(20)15(10-13)19(6,7)8/h12-17,20-21H,9-11H2,1-8H3. The molecular formula is C19H38O3. The smallest absolute Gasteiger partial charge is 0.157 e. The molecule has 3 atom stereocenters. The number of aliphatic hydroxyl groups excluding tert-OH is 2. The van der Waals surface area contributed by atoms with Crippen molar-refractivity contribution in [1.29, 1.82) is 0 Å². The Labute approximate surface area is 137 Å². The van der Waals surface area contributed by atoms with Crippen LogP contribution >= 0.6 is 0 Å². The van der Waals surface area contributed by atoms with Crippen molar-refractivity contribution in [2.75, 3.05) is 6.61 Å². The molecule has 0 bridgehead atoms. The molecule has 1 fully saturated rings. The zero-order valence-electron chi connectivity index (χ0n) is 15.9. The van der Waals surface area contributed by atoms with Gasteiger partial charge in [0.1, 0.15) is 0 Å². The zero-order chi connectivity index (χ0) is 17.3. The fourth-order valence-corrected chi connectivity index (χ4v) is 3.70. The van der Waals surface area contributed by atoms with Gasteiger partial charge in [0, 0.05) is 5.92 Å². The highest BCUT2D eigenvalue weighted by molar-refractivity contribution is 4.96. The SMILES string of the molecule is CC(C)COC(O)C1CC(C(C)(C)C)C(O)C(C(C)(C)C)C1. The molecule has 0 aliphatic heterocycles. The molecule has 0 aromatic carbocycles. The third kappa shape index (κ3) is 5.21. The number of ether oxygens (including phenoxy) is 1. The summed E-state index contributed by atoms with van der Waals surface area (Å²) in [6, 6.07) is 0. The van der Waals surface area contributed by atoms with E-state index in [9.17, 15) is 10.2 Å². The third-order valence-corrected chi connectivity index (χ3v) is 5.17. The first-order valence-corrected chi connectivity index (χ1v) is 8.81. The number of rotatable bonds is 4. The van der Waals surface area contributed by atoms with Crippen LogP contribution in [0.15, 0.2) is 0 Å². The van der Waals surface area contributed by atoms with Gasteiger partial charge in [0.05, 0.1) is 12.7 Å². The summed E-state index contributed by atoms with van der Waals surface area (Å²) in [6.07, 6.45) is 0.630. The Morgan fingerprint density at radius 2 is 1.36 bits per heavy atom. The molecule has 132 valence electrons. The van der Waals surface area contributed by atoms with E-state index in [4.69, 9.17) is 4.74 Å². The molecule has 0 aromatic heterocycles. The van der Waals surface area contributed by atoms with Crippen molar-refractivity contribution in [2.24, 2.45) is 34.5 Å². The number of aliphatic hydroxyl groups is 2. The van der Waals surface area contributed by atoms with Crippen LogP contribution in [0.2, 0.25) is 0 Å². The second-order valence-corrected chi connectivity index (χ2v) is 9.78. The van der Waals surface area contributed by atoms with Gasteiger partial charge in [0.25, 0.3) is 0 Å². The number of hydrogen-bond acceptors (Lipinski definition) is 3. The van der Waals surface area contributed by atoms with Gasteiger partial charge in [-0.05, 0) is 41.4 Å². The normalized spacial score (nSPS) is 32.3. The minimum absolute atomic E-state index is 0.0271. The van der Waals surface area contributed by atoms with Crippen molar-refractivity contribution in [2.45, 2.75) is 80.6 Å². The average molecular weight is 315 g/mol. The van der Waals surface area contributed by atoms with Crippen molar-refractivity contribution < 1.29 is 14.9 Å². The second-order valence-electron chi connectivity index (χ2n) is 9.78. The molecule has 0 radical (unpaired) electrons. The van der Waals surface area contributed by atoms with Crippen molar-refractivity contribution in [1.82, 2.24) is 0 Å². The van der Waals surface area contributed by atoms with Crippen molar-refractivity contribution >= 4 is 0 Å². The van der Waals surface area contributed by atoms with Crippen molar-refractivity contribution in [3.8, 4) is 0 Å². The van der Waals surface area contributed by atoms with Gasteiger partial charge < -0.3 is 14.9 Å². The highest BCUT2D eigenvalue weighted by Crippen LogP contribution is 2.49. The first-order valence-electron chi connectivity index (χ1n) is 8.81. The molecule has 1 rings (SSSR count). The second kappa shape index (κ2) is 7.19. The average Bonchev–Trinajstić information content (AvgIpc) is 2.33. The largest absolute Gasteiger partial charge is 0.393 e. The van der Waals surface area contributed by atoms with Gasteiger partial charge in [-0.1, -0.05) is 55.4 Å². The topological polar surface area (TPSA) is 49.7 Å². The van der Waals surface area contributed by atoms with E-state index in [1.54, 1.807) is 0 Å². The molecule has 2 N–H and O–H groups in total. The fourth-order valence-electron chi connectivity index (χ4n) is 3.70. The minimum atomic E-state index is -0.718. The van der Waals surface area contributed by atoms with Gasteiger partial charge in [-0.3, -0.25) is 0 Å². The minimum Gasteiger partial charge on any atom is -0.393 e. The van der Waals surface area contributed by atoms with Gasteiger partial charge in [0.15, 0.2) is 6.29 Å². The molecule has 1 aliphatic rings. The molecule has 1 aliphatic carbocycles. The zero-order valence-corrected chi connectivity index (χ0v) is 15.9. The monoisotopic (exact) mass is 314 g/mol. The lowest BCUT2D eigenvalue weighted by atomic mass is 9.58. The Bertz CT molecular complexity index is 314. The van der Waals surface area contributed by atoms with Crippen LogP contribution in [0, 0.1) is 34.5 Å². The quantitative estimate of drug-likeness (QED) is 0.769. The molecular weight excluding hydrogens is 276 g/mol. The molecule has 0 saturated heterocycles. The van der Waals surface area contributed by atoms with E-state index in [2.05, 4.69) is 55.4 Å². The van der Waals surface area contributed by atoms with Gasteiger partial charge in [-0.25, -0.2) is 0 Å². The molecule has 3 nitrogen and oxygen atoms in total. The van der Waals surface area contributed by atoms with Gasteiger partial charge in [0.2, 0.25) is 0 Å². The molecule has 1 saturated carbocycles. The highest BCUT2D eigenvalue weighted by atomic mass is 16.6. The molecule has 3 unspecified atom stereocenters. The Kier molecular flexibility index (Phi) is 6.51. The Balaban J connectivity index is 2.91. The van der Waals surface area contributed by atoms with Crippen molar-refractivity contribution in [3.05, 3.63) is 0 Å². The molecule has 0 heterocycles. The molecule has 22 heavy (non-hydrogen) atoms. The van der Waals surface area contributed by atoms with E-state index in [0.717, 1.165) is 12.8 Å². The van der Waals surface area contributed by atoms with Crippen LogP contribution in [0.25, 0.3) is 0 Å². The molecule has 0 amide bonds. The van der Waals surface area contributed by atoms with Crippen LogP contribution in [0.1, 0.15) is 68.2 Å². The van der Waals surface area contributed by atoms with Gasteiger partial charge >= 0.3 is 0 Å². The first-order chi connectivity index (χ1) is 9.84. The molecule has 0 spiro atoms. The maximum atomic E-state index is 10.9. The molecule has 3 heteroatoms. The van der Waals surface area contributed by atoms with E-state index in [1.807, 2.05) is 0 Å². The highest BCUT2D eigenvalue weighted by Gasteiger charge is 2.47. The van der Waals surface area contributed by atoms with E-state index in [1.165, 1.54) is 0 Å². The van der Waals surface area contributed by atoms with E-state index in [-0.39, 0.29) is 34.7 Å². The summed E-state index contributed by atoms with van der Waals surface area (Å²) in [5.41, 5.74) is 0.0543. The van der Waals surface area contributed by atoms with E-state index < -0.39 is 6.29 Å². The predicted octanol–water partition coefficient (Wildman–Crippen LogP) is 4.07.